The summed E-state index contributed by atoms with van der Waals surface area (Å²) in [4.78, 5) is 0. The summed E-state index contributed by atoms with van der Waals surface area (Å²) >= 11 is 0. The van der Waals surface area contributed by atoms with Crippen LogP contribution in [0.3, 0.4) is 0 Å². The molecule has 0 aliphatic rings. The lowest BCUT2D eigenvalue weighted by Crippen LogP contribution is -2.21. The van der Waals surface area contributed by atoms with Crippen molar-refractivity contribution in [3.63, 3.8) is 0 Å². The van der Waals surface area contributed by atoms with Crippen LogP contribution in [-0.2, 0) is 4.74 Å². The van der Waals surface area contributed by atoms with Crippen molar-refractivity contribution in [2.24, 2.45) is 0 Å². The van der Waals surface area contributed by atoms with Crippen molar-refractivity contribution in [2.75, 3.05) is 13.2 Å². The summed E-state index contributed by atoms with van der Waals surface area (Å²) in [6, 6.07) is 0. The zero-order chi connectivity index (χ0) is 17.9. The zero-order valence-electron chi connectivity index (χ0n) is 16.0. The Bertz CT molecular complexity index is 192. The highest BCUT2D eigenvalue weighted by Crippen LogP contribution is 2.17. The molecule has 23 heavy (non-hydrogen) atoms. The predicted molar refractivity (Wildman–Crippen MR) is 97.7 cm³/mol. The molecule has 0 saturated heterocycles. The van der Waals surface area contributed by atoms with E-state index >= 15 is 0 Å². The first-order chi connectivity index (χ1) is 11.1. The Balaban J connectivity index is 0. The first-order valence-corrected chi connectivity index (χ1v) is 9.64. The Kier molecular flexibility index (Phi) is 21.7. The fraction of sp³-hybridized carbons (Fsp3) is 1.00. The fourth-order valence-electron chi connectivity index (χ4n) is 2.31. The van der Waals surface area contributed by atoms with Gasteiger partial charge in [0.2, 0.25) is 0 Å². The molecule has 0 radical (unpaired) electrons. The van der Waals surface area contributed by atoms with Gasteiger partial charge in [-0.1, -0.05) is 66.2 Å². The van der Waals surface area contributed by atoms with Crippen molar-refractivity contribution in [1.82, 2.24) is 0 Å². The molecule has 0 aromatic carbocycles. The Hall–Kier alpha value is -0.160. The van der Waals surface area contributed by atoms with Gasteiger partial charge >= 0.3 is 0 Å². The lowest BCUT2D eigenvalue weighted by molar-refractivity contribution is -0.0256. The third-order valence-corrected chi connectivity index (χ3v) is 3.98. The first-order valence-electron chi connectivity index (χ1n) is 9.64. The number of ether oxygens (including phenoxy) is 1. The van der Waals surface area contributed by atoms with Crippen molar-refractivity contribution in [3.05, 3.63) is 0 Å². The summed E-state index contributed by atoms with van der Waals surface area (Å²) in [5, 5.41) is 24.0. The third-order valence-electron chi connectivity index (χ3n) is 3.98. The van der Waals surface area contributed by atoms with Gasteiger partial charge in [0.25, 0.3) is 0 Å². The second-order valence-electron chi connectivity index (χ2n) is 6.21. The molecule has 4 heteroatoms. The molecule has 2 atom stereocenters. The van der Waals surface area contributed by atoms with Gasteiger partial charge < -0.3 is 20.1 Å². The summed E-state index contributed by atoms with van der Waals surface area (Å²) in [5.41, 5.74) is 0. The van der Waals surface area contributed by atoms with E-state index in [0.29, 0.717) is 12.2 Å². The minimum absolute atomic E-state index is 0.365. The highest BCUT2D eigenvalue weighted by atomic mass is 16.5. The SMILES string of the molecule is CCCCCC(CC)OC(CC)CCCCC.OCC(O)CO. The monoisotopic (exact) mass is 334 g/mol. The Morgan fingerprint density at radius 3 is 1.30 bits per heavy atom. The maximum Gasteiger partial charge on any atom is 0.100 e. The number of unbranched alkanes of at least 4 members (excludes halogenated alkanes) is 4. The average molecular weight is 335 g/mol. The van der Waals surface area contributed by atoms with Crippen LogP contribution in [-0.4, -0.2) is 46.8 Å². The van der Waals surface area contributed by atoms with Crippen LogP contribution in [0.25, 0.3) is 0 Å². The molecule has 4 nitrogen and oxygen atoms in total. The molecule has 0 aliphatic carbocycles. The molecule has 0 bridgehead atoms. The number of hydrogen-bond donors (Lipinski definition) is 3. The third kappa shape index (κ3) is 18.0. The van der Waals surface area contributed by atoms with Gasteiger partial charge in [0.15, 0.2) is 0 Å². The quantitative estimate of drug-likeness (QED) is 0.419. The van der Waals surface area contributed by atoms with E-state index in [9.17, 15) is 0 Å². The minimum Gasteiger partial charge on any atom is -0.394 e. The summed E-state index contributed by atoms with van der Waals surface area (Å²) in [5.74, 6) is 0. The molecule has 0 spiro atoms. The topological polar surface area (TPSA) is 69.9 Å². The molecule has 0 aliphatic heterocycles. The summed E-state index contributed by atoms with van der Waals surface area (Å²) < 4.78 is 6.24. The maximum atomic E-state index is 8.17. The highest BCUT2D eigenvalue weighted by Gasteiger charge is 2.13. The van der Waals surface area contributed by atoms with Gasteiger partial charge in [-0.2, -0.15) is 0 Å². The molecule has 142 valence electrons. The summed E-state index contributed by atoms with van der Waals surface area (Å²) in [6.45, 7) is 8.32. The Morgan fingerprint density at radius 1 is 0.696 bits per heavy atom. The van der Waals surface area contributed by atoms with Gasteiger partial charge in [-0.3, -0.25) is 0 Å². The minimum atomic E-state index is -0.954. The lowest BCUT2D eigenvalue weighted by atomic mass is 10.1. The molecule has 0 aromatic heterocycles. The normalized spacial score (nSPS) is 13.6. The second-order valence-corrected chi connectivity index (χ2v) is 6.21. The van der Waals surface area contributed by atoms with Crippen LogP contribution < -0.4 is 0 Å². The standard InChI is InChI=1S/C16H34O.C3H8O3/c1-5-9-11-13-15(7-3)17-16(8-4)14-12-10-6-2;4-1-3(6)2-5/h15-16H,5-14H2,1-4H3;3-6H,1-2H2. The molecule has 0 aromatic rings. The van der Waals surface area contributed by atoms with Crippen molar-refractivity contribution < 1.29 is 20.1 Å². The van der Waals surface area contributed by atoms with Crippen molar-refractivity contribution in [1.29, 1.82) is 0 Å². The molecule has 0 rings (SSSR count). The van der Waals surface area contributed by atoms with E-state index in [1.807, 2.05) is 0 Å². The molecule has 0 amide bonds. The fourth-order valence-corrected chi connectivity index (χ4v) is 2.31. The van der Waals surface area contributed by atoms with Gasteiger partial charge in [-0.15, -0.1) is 0 Å². The molecule has 0 heterocycles. The van der Waals surface area contributed by atoms with Gasteiger partial charge in [0, 0.05) is 0 Å². The van der Waals surface area contributed by atoms with Crippen LogP contribution in [0.5, 0.6) is 0 Å². The molecular weight excluding hydrogens is 292 g/mol. The molecule has 0 saturated carbocycles. The average Bonchev–Trinajstić information content (AvgIpc) is 2.59. The summed E-state index contributed by atoms with van der Waals surface area (Å²) in [6.07, 6.45) is 12.9. The highest BCUT2D eigenvalue weighted by molar-refractivity contribution is 4.62. The second kappa shape index (κ2) is 19.9. The van der Waals surface area contributed by atoms with Crippen LogP contribution in [0.2, 0.25) is 0 Å². The van der Waals surface area contributed by atoms with Crippen molar-refractivity contribution in [2.45, 2.75) is 110 Å². The molecular formula is C19H42O4. The van der Waals surface area contributed by atoms with Gasteiger partial charge in [-0.05, 0) is 25.7 Å². The zero-order valence-corrected chi connectivity index (χ0v) is 16.0. The Morgan fingerprint density at radius 2 is 1.09 bits per heavy atom. The molecule has 0 fully saturated rings. The van der Waals surface area contributed by atoms with Crippen LogP contribution in [0.4, 0.5) is 0 Å². The molecule has 3 N–H and O–H groups in total. The van der Waals surface area contributed by atoms with Gasteiger partial charge in [0.1, 0.15) is 6.10 Å². The van der Waals surface area contributed by atoms with E-state index in [4.69, 9.17) is 20.1 Å². The summed E-state index contributed by atoms with van der Waals surface area (Å²) in [7, 11) is 0. The lowest BCUT2D eigenvalue weighted by Gasteiger charge is -2.23. The number of aliphatic hydroxyl groups excluding tert-OH is 3. The first kappa shape index (κ1) is 25.1. The van der Waals surface area contributed by atoms with E-state index in [1.165, 1.54) is 64.2 Å². The predicted octanol–water partition coefficient (Wildman–Crippen LogP) is 4.05. The number of aliphatic hydroxyl groups is 3. The van der Waals surface area contributed by atoms with Crippen molar-refractivity contribution >= 4 is 0 Å². The van der Waals surface area contributed by atoms with Gasteiger partial charge in [0.05, 0.1) is 25.4 Å². The maximum absolute atomic E-state index is 8.17. The van der Waals surface area contributed by atoms with E-state index in [-0.39, 0.29) is 13.2 Å². The van der Waals surface area contributed by atoms with Crippen LogP contribution in [0.15, 0.2) is 0 Å². The number of rotatable bonds is 14. The van der Waals surface area contributed by atoms with Crippen LogP contribution >= 0.6 is 0 Å². The number of hydrogen-bond acceptors (Lipinski definition) is 4. The smallest absolute Gasteiger partial charge is 0.100 e. The van der Waals surface area contributed by atoms with E-state index in [0.717, 1.165) is 0 Å². The molecule has 2 unspecified atom stereocenters. The van der Waals surface area contributed by atoms with E-state index in [1.54, 1.807) is 0 Å². The van der Waals surface area contributed by atoms with E-state index in [2.05, 4.69) is 27.7 Å². The van der Waals surface area contributed by atoms with Gasteiger partial charge in [-0.25, -0.2) is 0 Å². The van der Waals surface area contributed by atoms with Crippen molar-refractivity contribution in [3.8, 4) is 0 Å². The Labute approximate surface area is 144 Å². The van der Waals surface area contributed by atoms with Crippen LogP contribution in [0, 0.1) is 0 Å². The van der Waals surface area contributed by atoms with Crippen LogP contribution in [0.1, 0.15) is 91.9 Å². The van der Waals surface area contributed by atoms with E-state index < -0.39 is 6.10 Å². The largest absolute Gasteiger partial charge is 0.394 e.